The van der Waals surface area contributed by atoms with Crippen molar-refractivity contribution in [2.75, 3.05) is 26.2 Å². The van der Waals surface area contributed by atoms with Gasteiger partial charge in [0.1, 0.15) is 5.75 Å². The first-order valence-corrected chi connectivity index (χ1v) is 11.4. The molecule has 0 aliphatic carbocycles. The van der Waals surface area contributed by atoms with E-state index in [9.17, 15) is 14.4 Å². The van der Waals surface area contributed by atoms with E-state index in [4.69, 9.17) is 4.74 Å². The normalized spacial score (nSPS) is 22.2. The van der Waals surface area contributed by atoms with Crippen molar-refractivity contribution in [1.82, 2.24) is 15.1 Å². The van der Waals surface area contributed by atoms with Crippen molar-refractivity contribution in [3.63, 3.8) is 0 Å². The highest BCUT2D eigenvalue weighted by atomic mass is 16.5. The summed E-state index contributed by atoms with van der Waals surface area (Å²) in [4.78, 5) is 40.2. The molecule has 2 unspecified atom stereocenters. The Balaban J connectivity index is 1.47. The molecule has 170 valence electrons. The van der Waals surface area contributed by atoms with Crippen LogP contribution in [0.5, 0.6) is 5.75 Å². The molecule has 2 atom stereocenters. The molecule has 7 heteroatoms. The Morgan fingerprint density at radius 3 is 2.19 bits per heavy atom. The van der Waals surface area contributed by atoms with Gasteiger partial charge in [0.05, 0.1) is 0 Å². The lowest BCUT2D eigenvalue weighted by Gasteiger charge is -2.38. The number of nitrogens with one attached hydrogen (secondary N) is 1. The third-order valence-corrected chi connectivity index (χ3v) is 6.49. The maximum atomic E-state index is 12.8. The highest BCUT2D eigenvalue weighted by Gasteiger charge is 2.29. The number of amides is 3. The molecular weight excluding hydrogens is 394 g/mol. The zero-order chi connectivity index (χ0) is 22.4. The van der Waals surface area contributed by atoms with Crippen LogP contribution in [0.1, 0.15) is 63.2 Å². The number of likely N-dealkylation sites (tertiary alicyclic amines) is 2. The van der Waals surface area contributed by atoms with Gasteiger partial charge in [-0.3, -0.25) is 14.4 Å². The molecule has 0 radical (unpaired) electrons. The summed E-state index contributed by atoms with van der Waals surface area (Å²) in [5.41, 5.74) is 0.622. The Labute approximate surface area is 185 Å². The van der Waals surface area contributed by atoms with Crippen LogP contribution in [-0.4, -0.2) is 65.8 Å². The minimum atomic E-state index is -0.0116. The Bertz CT molecular complexity index is 762. The molecule has 3 amide bonds. The Hall–Kier alpha value is -2.57. The maximum Gasteiger partial charge on any atom is 0.260 e. The zero-order valence-corrected chi connectivity index (χ0v) is 18.9. The lowest BCUT2D eigenvalue weighted by molar-refractivity contribution is -0.139. The third-order valence-electron chi connectivity index (χ3n) is 6.49. The van der Waals surface area contributed by atoms with Gasteiger partial charge in [0.25, 0.3) is 11.8 Å². The van der Waals surface area contributed by atoms with Gasteiger partial charge in [-0.2, -0.15) is 0 Å². The molecule has 31 heavy (non-hydrogen) atoms. The van der Waals surface area contributed by atoms with Crippen LogP contribution in [-0.2, 0) is 9.59 Å². The molecule has 1 aromatic rings. The SMILES string of the molecule is CC(=O)NCC1CCN(C(=O)c2ccc(OCC(=O)N3C(C)CCCC3C)cc2)CC1. The third kappa shape index (κ3) is 6.21. The van der Waals surface area contributed by atoms with Gasteiger partial charge >= 0.3 is 0 Å². The van der Waals surface area contributed by atoms with E-state index in [1.807, 2.05) is 9.80 Å². The van der Waals surface area contributed by atoms with Crippen LogP contribution < -0.4 is 10.1 Å². The molecule has 7 nitrogen and oxygen atoms in total. The van der Waals surface area contributed by atoms with Crippen molar-refractivity contribution in [3.8, 4) is 5.75 Å². The van der Waals surface area contributed by atoms with E-state index in [-0.39, 0.29) is 36.4 Å². The Morgan fingerprint density at radius 1 is 1.00 bits per heavy atom. The first-order chi connectivity index (χ1) is 14.8. The predicted molar refractivity (Wildman–Crippen MR) is 119 cm³/mol. The summed E-state index contributed by atoms with van der Waals surface area (Å²) in [5.74, 6) is 1.03. The van der Waals surface area contributed by atoms with Gasteiger partial charge in [0, 0.05) is 44.2 Å². The topological polar surface area (TPSA) is 79.0 Å². The molecular formula is C24H35N3O4. The van der Waals surface area contributed by atoms with E-state index < -0.39 is 0 Å². The number of rotatable bonds is 6. The minimum Gasteiger partial charge on any atom is -0.484 e. The number of hydrogen-bond acceptors (Lipinski definition) is 4. The number of hydrogen-bond donors (Lipinski definition) is 1. The summed E-state index contributed by atoms with van der Waals surface area (Å²) in [6.07, 6.45) is 5.02. The molecule has 2 heterocycles. The summed E-state index contributed by atoms with van der Waals surface area (Å²) in [5, 5.41) is 2.86. The second-order valence-electron chi connectivity index (χ2n) is 8.92. The number of piperidine rings is 2. The molecule has 3 rings (SSSR count). The van der Waals surface area contributed by atoms with Crippen LogP contribution >= 0.6 is 0 Å². The molecule has 0 spiro atoms. The van der Waals surface area contributed by atoms with Gasteiger partial charge in [-0.25, -0.2) is 0 Å². The average molecular weight is 430 g/mol. The quantitative estimate of drug-likeness (QED) is 0.754. The minimum absolute atomic E-state index is 0.0107. The highest BCUT2D eigenvalue weighted by Crippen LogP contribution is 2.23. The van der Waals surface area contributed by atoms with Gasteiger partial charge < -0.3 is 19.9 Å². The molecule has 2 fully saturated rings. The molecule has 0 saturated carbocycles. The maximum absolute atomic E-state index is 12.8. The van der Waals surface area contributed by atoms with E-state index in [1.54, 1.807) is 24.3 Å². The van der Waals surface area contributed by atoms with Gasteiger partial charge in [-0.1, -0.05) is 0 Å². The zero-order valence-electron chi connectivity index (χ0n) is 18.9. The average Bonchev–Trinajstić information content (AvgIpc) is 2.76. The van der Waals surface area contributed by atoms with E-state index in [2.05, 4.69) is 19.2 Å². The van der Waals surface area contributed by atoms with Crippen molar-refractivity contribution in [3.05, 3.63) is 29.8 Å². The van der Waals surface area contributed by atoms with E-state index in [0.29, 0.717) is 36.9 Å². The van der Waals surface area contributed by atoms with Crippen molar-refractivity contribution in [2.24, 2.45) is 5.92 Å². The number of carbonyl (C=O) groups excluding carboxylic acids is 3. The summed E-state index contributed by atoms with van der Waals surface area (Å²) in [6, 6.07) is 7.54. The fourth-order valence-corrected chi connectivity index (χ4v) is 4.64. The number of carbonyl (C=O) groups is 3. The number of benzene rings is 1. The van der Waals surface area contributed by atoms with Crippen LogP contribution in [0.15, 0.2) is 24.3 Å². The van der Waals surface area contributed by atoms with Crippen molar-refractivity contribution in [1.29, 1.82) is 0 Å². The predicted octanol–water partition coefficient (Wildman–Crippen LogP) is 2.84. The smallest absolute Gasteiger partial charge is 0.260 e. The first kappa shape index (κ1) is 23.1. The first-order valence-electron chi connectivity index (χ1n) is 11.4. The fourth-order valence-electron chi connectivity index (χ4n) is 4.64. The van der Waals surface area contributed by atoms with E-state index >= 15 is 0 Å². The lowest BCUT2D eigenvalue weighted by Crippen LogP contribution is -2.49. The van der Waals surface area contributed by atoms with Gasteiger partial charge in [-0.15, -0.1) is 0 Å². The van der Waals surface area contributed by atoms with Gasteiger partial charge in [0.15, 0.2) is 6.61 Å². The molecule has 1 N–H and O–H groups in total. The lowest BCUT2D eigenvalue weighted by atomic mass is 9.96. The molecule has 0 bridgehead atoms. The van der Waals surface area contributed by atoms with Gasteiger partial charge in [-0.05, 0) is 76.1 Å². The largest absolute Gasteiger partial charge is 0.484 e. The van der Waals surface area contributed by atoms with Gasteiger partial charge in [0.2, 0.25) is 5.91 Å². The van der Waals surface area contributed by atoms with Crippen LogP contribution in [0.2, 0.25) is 0 Å². The van der Waals surface area contributed by atoms with E-state index in [0.717, 1.165) is 32.1 Å². The molecule has 1 aromatic carbocycles. The molecule has 2 aliphatic rings. The Morgan fingerprint density at radius 2 is 1.61 bits per heavy atom. The van der Waals surface area contributed by atoms with Crippen LogP contribution in [0.3, 0.4) is 0 Å². The van der Waals surface area contributed by atoms with Crippen molar-refractivity contribution < 1.29 is 19.1 Å². The summed E-state index contributed by atoms with van der Waals surface area (Å²) >= 11 is 0. The monoisotopic (exact) mass is 429 g/mol. The van der Waals surface area contributed by atoms with Crippen LogP contribution in [0.25, 0.3) is 0 Å². The standard InChI is InChI=1S/C24H35N3O4/c1-17-5-4-6-18(2)27(17)23(29)16-31-22-9-7-21(8-10-22)24(30)26-13-11-20(12-14-26)15-25-19(3)28/h7-10,17-18,20H,4-6,11-16H2,1-3H3,(H,25,28). The molecule has 0 aromatic heterocycles. The molecule has 2 saturated heterocycles. The Kier molecular flexibility index (Phi) is 7.93. The second kappa shape index (κ2) is 10.6. The highest BCUT2D eigenvalue weighted by molar-refractivity contribution is 5.94. The summed E-state index contributed by atoms with van der Waals surface area (Å²) < 4.78 is 5.71. The fraction of sp³-hybridized carbons (Fsp3) is 0.625. The van der Waals surface area contributed by atoms with Crippen molar-refractivity contribution >= 4 is 17.7 Å². The number of nitrogens with zero attached hydrogens (tertiary/aromatic N) is 2. The van der Waals surface area contributed by atoms with E-state index in [1.165, 1.54) is 6.92 Å². The summed E-state index contributed by atoms with van der Waals surface area (Å²) in [7, 11) is 0. The number of ether oxygens (including phenoxy) is 1. The van der Waals surface area contributed by atoms with Crippen LogP contribution in [0.4, 0.5) is 0 Å². The second-order valence-corrected chi connectivity index (χ2v) is 8.92. The van der Waals surface area contributed by atoms with Crippen molar-refractivity contribution in [2.45, 2.75) is 65.0 Å². The summed E-state index contributed by atoms with van der Waals surface area (Å²) in [6.45, 7) is 7.80. The van der Waals surface area contributed by atoms with Crippen LogP contribution in [0, 0.1) is 5.92 Å². The molecule has 2 aliphatic heterocycles.